The van der Waals surface area contributed by atoms with E-state index in [0.29, 0.717) is 48.4 Å². The number of hydrogen-bond acceptors (Lipinski definition) is 10. The Morgan fingerprint density at radius 3 is 2.63 bits per heavy atom. The molecule has 214 valence electrons. The molecule has 4 aromatic rings. The average Bonchev–Trinajstić information content (AvgIpc) is 3.73. The summed E-state index contributed by atoms with van der Waals surface area (Å²) in [5.74, 6) is -1.37. The number of nitro benzene ring substituents is 1. The highest BCUT2D eigenvalue weighted by atomic mass is 32.2. The quantitative estimate of drug-likeness (QED) is 0.0911. The first-order valence-electron chi connectivity index (χ1n) is 13.2. The molecule has 2 aliphatic heterocycles. The van der Waals surface area contributed by atoms with E-state index in [4.69, 9.17) is 4.74 Å². The third-order valence-electron chi connectivity index (χ3n) is 6.97. The zero-order valence-corrected chi connectivity index (χ0v) is 23.9. The van der Waals surface area contributed by atoms with Crippen LogP contribution in [-0.4, -0.2) is 46.9 Å². The summed E-state index contributed by atoms with van der Waals surface area (Å²) < 4.78 is 6.70. The second-order valence-electron chi connectivity index (χ2n) is 9.72. The summed E-state index contributed by atoms with van der Waals surface area (Å²) in [5.41, 5.74) is 1.67. The molecule has 0 unspecified atom stereocenters. The van der Waals surface area contributed by atoms with Gasteiger partial charge in [-0.25, -0.2) is 9.88 Å². The molecule has 0 saturated carbocycles. The number of nitro groups is 1. The fourth-order valence-corrected chi connectivity index (χ4v) is 7.01. The number of hydrogen-bond donors (Lipinski definition) is 1. The zero-order valence-electron chi connectivity index (χ0n) is 22.3. The summed E-state index contributed by atoms with van der Waals surface area (Å²) >= 11 is 2.37. The molecular weight excluding hydrogens is 590 g/mol. The van der Waals surface area contributed by atoms with Crippen molar-refractivity contribution < 1.29 is 24.0 Å². The third-order valence-corrected chi connectivity index (χ3v) is 9.12. The number of carbonyl (C=O) groups is 3. The van der Waals surface area contributed by atoms with E-state index < -0.39 is 22.6 Å². The summed E-state index contributed by atoms with van der Waals surface area (Å²) in [5, 5.41) is 24.1. The highest BCUT2D eigenvalue weighted by Crippen LogP contribution is 2.40. The van der Waals surface area contributed by atoms with Gasteiger partial charge in [0, 0.05) is 19.2 Å². The highest BCUT2D eigenvalue weighted by Gasteiger charge is 2.36. The average molecular weight is 612 g/mol. The Labute approximate surface area is 252 Å². The first kappa shape index (κ1) is 28.2. The van der Waals surface area contributed by atoms with Gasteiger partial charge in [-0.2, -0.15) is 5.26 Å². The largest absolute Gasteiger partial charge is 0.376 e. The molecule has 1 N–H and O–H groups in total. The van der Waals surface area contributed by atoms with Gasteiger partial charge in [-0.15, -0.1) is 11.3 Å². The van der Waals surface area contributed by atoms with E-state index in [1.807, 2.05) is 6.07 Å². The maximum atomic E-state index is 12.9. The smallest absolute Gasteiger partial charge is 0.283 e. The Balaban J connectivity index is 1.22. The second kappa shape index (κ2) is 11.8. The maximum Gasteiger partial charge on any atom is 0.283 e. The van der Waals surface area contributed by atoms with Crippen molar-refractivity contribution in [2.75, 3.05) is 18.1 Å². The van der Waals surface area contributed by atoms with Crippen molar-refractivity contribution in [1.82, 2.24) is 10.3 Å². The minimum absolute atomic E-state index is 0.0854. The lowest BCUT2D eigenvalue weighted by molar-refractivity contribution is -0.387. The lowest BCUT2D eigenvalue weighted by atomic mass is 10.1. The first-order valence-corrected chi connectivity index (χ1v) is 14.8. The number of fused-ring (bicyclic) bond motifs is 2. The molecule has 43 heavy (non-hydrogen) atoms. The zero-order chi connectivity index (χ0) is 30.1. The van der Waals surface area contributed by atoms with E-state index in [0.717, 1.165) is 29.5 Å². The van der Waals surface area contributed by atoms with Crippen LogP contribution in [0.1, 0.15) is 39.1 Å². The predicted molar refractivity (Wildman–Crippen MR) is 160 cm³/mol. The van der Waals surface area contributed by atoms with Gasteiger partial charge < -0.3 is 10.1 Å². The van der Waals surface area contributed by atoms with Gasteiger partial charge >= 0.3 is 0 Å². The third kappa shape index (κ3) is 5.63. The number of rotatable bonds is 8. The molecule has 2 aliphatic rings. The molecule has 0 radical (unpaired) electrons. The van der Waals surface area contributed by atoms with Crippen LogP contribution in [0, 0.1) is 21.4 Å². The van der Waals surface area contributed by atoms with Crippen LogP contribution in [0.3, 0.4) is 0 Å². The molecule has 3 heterocycles. The van der Waals surface area contributed by atoms with Crippen molar-refractivity contribution in [1.29, 1.82) is 5.26 Å². The van der Waals surface area contributed by atoms with E-state index in [1.54, 1.807) is 54.6 Å². The highest BCUT2D eigenvalue weighted by molar-refractivity contribution is 8.01. The van der Waals surface area contributed by atoms with E-state index in [1.165, 1.54) is 23.5 Å². The Morgan fingerprint density at radius 2 is 1.95 bits per heavy atom. The van der Waals surface area contributed by atoms with Crippen LogP contribution in [0.5, 0.6) is 0 Å². The van der Waals surface area contributed by atoms with Crippen LogP contribution in [0.15, 0.2) is 75.5 Å². The molecule has 3 aromatic carbocycles. The van der Waals surface area contributed by atoms with Crippen molar-refractivity contribution in [2.45, 2.75) is 28.2 Å². The molecule has 1 saturated heterocycles. The fourth-order valence-electron chi connectivity index (χ4n) is 4.87. The molecule has 3 amide bonds. The van der Waals surface area contributed by atoms with Crippen LogP contribution in [0.2, 0.25) is 0 Å². The van der Waals surface area contributed by atoms with Crippen LogP contribution < -0.4 is 10.2 Å². The van der Waals surface area contributed by atoms with E-state index in [-0.39, 0.29) is 23.9 Å². The molecule has 13 heteroatoms. The van der Waals surface area contributed by atoms with Gasteiger partial charge in [-0.3, -0.25) is 24.5 Å². The SMILES string of the molecule is N#C/C(=C\c1ccc(Sc2nc3ccc(N4C(=O)c5ccccc5C4=O)cc3s2)c([N+](=O)[O-])c1)C(=O)NC[C@H]1CCCO1. The summed E-state index contributed by atoms with van der Waals surface area (Å²) in [7, 11) is 0. The summed E-state index contributed by atoms with van der Waals surface area (Å²) in [6.45, 7) is 0.930. The van der Waals surface area contributed by atoms with Crippen molar-refractivity contribution >= 4 is 68.5 Å². The number of nitriles is 1. The lowest BCUT2D eigenvalue weighted by Crippen LogP contribution is -2.32. The number of imide groups is 1. The molecular formula is C30H21N5O6S2. The Kier molecular flexibility index (Phi) is 7.73. The number of benzene rings is 3. The van der Waals surface area contributed by atoms with E-state index >= 15 is 0 Å². The molecule has 1 atom stereocenters. The van der Waals surface area contributed by atoms with Gasteiger partial charge in [0.1, 0.15) is 11.6 Å². The van der Waals surface area contributed by atoms with Gasteiger partial charge in [0.15, 0.2) is 4.34 Å². The number of thiazole rings is 1. The number of nitrogens with one attached hydrogen (secondary N) is 1. The Morgan fingerprint density at radius 1 is 1.19 bits per heavy atom. The van der Waals surface area contributed by atoms with Crippen LogP contribution in [-0.2, 0) is 9.53 Å². The lowest BCUT2D eigenvalue weighted by Gasteiger charge is -2.13. The molecule has 0 bridgehead atoms. The second-order valence-corrected chi connectivity index (χ2v) is 12.0. The normalized spacial score (nSPS) is 16.4. The molecule has 1 fully saturated rings. The predicted octanol–water partition coefficient (Wildman–Crippen LogP) is 5.36. The van der Waals surface area contributed by atoms with Crippen molar-refractivity contribution in [3.05, 3.63) is 93.0 Å². The summed E-state index contributed by atoms with van der Waals surface area (Å²) in [6, 6.07) is 18.0. The Hall–Kier alpha value is -4.90. The summed E-state index contributed by atoms with van der Waals surface area (Å²) in [4.78, 5) is 55.8. The van der Waals surface area contributed by atoms with Crippen LogP contribution in [0.4, 0.5) is 11.4 Å². The molecule has 0 aliphatic carbocycles. The molecule has 0 spiro atoms. The van der Waals surface area contributed by atoms with E-state index in [2.05, 4.69) is 10.3 Å². The Bertz CT molecular complexity index is 1850. The van der Waals surface area contributed by atoms with Gasteiger partial charge in [-0.05, 0) is 60.9 Å². The topological polar surface area (TPSA) is 156 Å². The molecule has 6 rings (SSSR count). The maximum absolute atomic E-state index is 12.9. The molecule has 1 aromatic heterocycles. The van der Waals surface area contributed by atoms with Gasteiger partial charge in [0.2, 0.25) is 0 Å². The monoisotopic (exact) mass is 611 g/mol. The van der Waals surface area contributed by atoms with E-state index in [9.17, 15) is 29.8 Å². The van der Waals surface area contributed by atoms with Gasteiger partial charge in [0.05, 0.1) is 43.0 Å². The molecule has 11 nitrogen and oxygen atoms in total. The number of aromatic nitrogens is 1. The fraction of sp³-hybridized carbons (Fsp3) is 0.167. The van der Waals surface area contributed by atoms with Gasteiger partial charge in [-0.1, -0.05) is 30.0 Å². The van der Waals surface area contributed by atoms with Crippen LogP contribution in [0.25, 0.3) is 16.3 Å². The summed E-state index contributed by atoms with van der Waals surface area (Å²) in [6.07, 6.45) is 2.98. The van der Waals surface area contributed by atoms with Crippen molar-refractivity contribution in [3.8, 4) is 6.07 Å². The number of anilines is 1. The number of ether oxygens (including phenoxy) is 1. The van der Waals surface area contributed by atoms with Crippen molar-refractivity contribution in [2.24, 2.45) is 0 Å². The number of nitrogens with zero attached hydrogens (tertiary/aromatic N) is 4. The number of carbonyl (C=O) groups excluding carboxylic acids is 3. The standard InChI is InChI=1S/C30H21N5O6S2/c31-15-18(27(36)32-16-20-4-3-11-41-20)12-17-7-10-25(24(13-17)35(39)40)42-30-33-23-9-8-19(14-26(23)43-30)34-28(37)21-5-1-2-6-22(21)29(34)38/h1-2,5-10,12-14,20H,3-4,11,16H2,(H,32,36)/b18-12+/t20-/m1/s1. The minimum atomic E-state index is -0.575. The van der Waals surface area contributed by atoms with Gasteiger partial charge in [0.25, 0.3) is 23.4 Å². The van der Waals surface area contributed by atoms with Crippen LogP contribution >= 0.6 is 23.1 Å². The first-order chi connectivity index (χ1) is 20.8. The number of amides is 3. The van der Waals surface area contributed by atoms with Crippen molar-refractivity contribution in [3.63, 3.8) is 0 Å². The minimum Gasteiger partial charge on any atom is -0.376 e.